The first-order chi connectivity index (χ1) is 21.6. The molecule has 46 heavy (non-hydrogen) atoms. The summed E-state index contributed by atoms with van der Waals surface area (Å²) in [6, 6.07) is 27.8. The van der Waals surface area contributed by atoms with Crippen LogP contribution in [0.25, 0.3) is 0 Å². The Bertz CT molecular complexity index is 1340. The van der Waals surface area contributed by atoms with Crippen LogP contribution in [0.3, 0.4) is 0 Å². The summed E-state index contributed by atoms with van der Waals surface area (Å²) in [7, 11) is 0. The van der Waals surface area contributed by atoms with E-state index in [1.807, 2.05) is 0 Å². The summed E-state index contributed by atoms with van der Waals surface area (Å²) < 4.78 is 6.43. The minimum Gasteiger partial charge on any atom is -0.373 e. The van der Waals surface area contributed by atoms with E-state index in [2.05, 4.69) is 151 Å². The molecule has 0 spiro atoms. The molecule has 0 aliphatic carbocycles. The molecular weight excluding hydrogens is 630 g/mol. The number of nitrogens with zero attached hydrogens (tertiary/aromatic N) is 1. The average molecular weight is 691 g/mol. The summed E-state index contributed by atoms with van der Waals surface area (Å²) in [6.07, 6.45) is 6.40. The van der Waals surface area contributed by atoms with Crippen LogP contribution in [-0.4, -0.2) is 27.5 Å². The smallest absolute Gasteiger partial charge is 0.0720 e. The number of aryl methyl sites for hydroxylation is 1. The molecule has 0 aromatic heterocycles. The largest absolute Gasteiger partial charge is 0.373 e. The van der Waals surface area contributed by atoms with E-state index >= 15 is 0 Å². The fourth-order valence-electron chi connectivity index (χ4n) is 7.59. The Morgan fingerprint density at radius 2 is 1.30 bits per heavy atom. The summed E-state index contributed by atoms with van der Waals surface area (Å²) in [5.74, 6) is 1.41. The van der Waals surface area contributed by atoms with Gasteiger partial charge in [-0.3, -0.25) is 0 Å². The molecule has 1 N–H and O–H groups in total. The molecule has 0 amide bonds. The van der Waals surface area contributed by atoms with E-state index in [4.69, 9.17) is 4.74 Å². The van der Waals surface area contributed by atoms with Gasteiger partial charge in [-0.05, 0) is 118 Å². The second-order valence-electron chi connectivity index (χ2n) is 16.3. The van der Waals surface area contributed by atoms with Gasteiger partial charge in [-0.15, -0.1) is 0 Å². The predicted octanol–water partition coefficient (Wildman–Crippen LogP) is 12.1. The van der Waals surface area contributed by atoms with Crippen molar-refractivity contribution in [1.29, 1.82) is 0 Å². The summed E-state index contributed by atoms with van der Waals surface area (Å²) in [5.41, 5.74) is 7.86. The molecule has 1 aliphatic rings. The molecule has 3 aromatic carbocycles. The van der Waals surface area contributed by atoms with Gasteiger partial charge in [0, 0.05) is 16.4 Å². The number of benzene rings is 3. The molecule has 252 valence electrons. The van der Waals surface area contributed by atoms with E-state index in [-0.39, 0.29) is 17.2 Å². The molecular formula is C42H60BrNO2. The molecule has 0 saturated carbocycles. The lowest BCUT2D eigenvalue weighted by Crippen LogP contribution is -2.60. The van der Waals surface area contributed by atoms with Crippen molar-refractivity contribution < 1.29 is 9.94 Å². The zero-order valence-electron chi connectivity index (χ0n) is 30.1. The Morgan fingerprint density at radius 3 is 1.85 bits per heavy atom. The van der Waals surface area contributed by atoms with Crippen molar-refractivity contribution in [3.8, 4) is 0 Å². The predicted molar refractivity (Wildman–Crippen MR) is 198 cm³/mol. The van der Waals surface area contributed by atoms with Crippen LogP contribution in [0.15, 0.2) is 72.8 Å². The highest BCUT2D eigenvalue weighted by Gasteiger charge is 2.45. The fourth-order valence-corrected chi connectivity index (χ4v) is 7.97. The van der Waals surface area contributed by atoms with E-state index in [9.17, 15) is 5.21 Å². The summed E-state index contributed by atoms with van der Waals surface area (Å²) in [5, 5.41) is 13.1. The van der Waals surface area contributed by atoms with E-state index in [1.54, 1.807) is 0 Å². The third-order valence-electron chi connectivity index (χ3n) is 10.8. The van der Waals surface area contributed by atoms with Crippen molar-refractivity contribution >= 4 is 15.9 Å². The minimum atomic E-state index is -0.304. The van der Waals surface area contributed by atoms with Crippen molar-refractivity contribution in [1.82, 2.24) is 5.06 Å². The maximum Gasteiger partial charge on any atom is 0.0720 e. The van der Waals surface area contributed by atoms with Gasteiger partial charge in [-0.2, -0.15) is 5.06 Å². The Labute approximate surface area is 289 Å². The standard InChI is InChI=1S/C42H60BrNO2/c1-10-40(4,5)25-38(36-17-11-30(2)12-18-36)24-37(35-21-13-32(28-43)14-22-35)23-31(3)34-19-15-33(16-20-34)29-46-39-26-41(6,7)44(45)42(8,9)27-39/h11-22,31,37-39,45H,10,23-29H2,1-9H3. The van der Waals surface area contributed by atoms with Crippen LogP contribution in [-0.2, 0) is 16.7 Å². The molecule has 1 fully saturated rings. The second kappa shape index (κ2) is 15.5. The molecule has 3 nitrogen and oxygen atoms in total. The molecule has 3 aromatic rings. The highest BCUT2D eigenvalue weighted by atomic mass is 79.9. The van der Waals surface area contributed by atoms with Gasteiger partial charge in [0.15, 0.2) is 0 Å². The normalized spacial score (nSPS) is 19.1. The van der Waals surface area contributed by atoms with E-state index in [0.717, 1.165) is 31.0 Å². The van der Waals surface area contributed by atoms with Gasteiger partial charge < -0.3 is 9.94 Å². The number of hydrogen-bond donors (Lipinski definition) is 1. The van der Waals surface area contributed by atoms with E-state index in [0.29, 0.717) is 29.8 Å². The zero-order valence-corrected chi connectivity index (χ0v) is 31.7. The maximum atomic E-state index is 10.7. The van der Waals surface area contributed by atoms with Gasteiger partial charge in [0.25, 0.3) is 0 Å². The SMILES string of the molecule is CCC(C)(C)CC(CC(CC(C)c1ccc(COC2CC(C)(C)N(O)C(C)(C)C2)cc1)c1ccc(CBr)cc1)c1ccc(C)cc1. The van der Waals surface area contributed by atoms with Crippen molar-refractivity contribution in [2.24, 2.45) is 5.41 Å². The van der Waals surface area contributed by atoms with Crippen LogP contribution in [0.5, 0.6) is 0 Å². The molecule has 0 radical (unpaired) electrons. The van der Waals surface area contributed by atoms with Crippen molar-refractivity contribution in [3.63, 3.8) is 0 Å². The number of ether oxygens (including phenoxy) is 1. The Balaban J connectivity index is 1.50. The summed E-state index contributed by atoms with van der Waals surface area (Å²) >= 11 is 3.64. The van der Waals surface area contributed by atoms with Gasteiger partial charge in [0.2, 0.25) is 0 Å². The van der Waals surface area contributed by atoms with Crippen LogP contribution in [0, 0.1) is 12.3 Å². The lowest BCUT2D eigenvalue weighted by molar-refractivity contribution is -0.262. The van der Waals surface area contributed by atoms with Crippen LogP contribution < -0.4 is 0 Å². The molecule has 0 bridgehead atoms. The maximum absolute atomic E-state index is 10.7. The van der Waals surface area contributed by atoms with Crippen LogP contribution in [0.2, 0.25) is 0 Å². The number of piperidine rings is 1. The highest BCUT2D eigenvalue weighted by molar-refractivity contribution is 9.08. The van der Waals surface area contributed by atoms with Gasteiger partial charge in [-0.1, -0.05) is 128 Å². The van der Waals surface area contributed by atoms with E-state index in [1.165, 1.54) is 51.3 Å². The monoisotopic (exact) mass is 689 g/mol. The fraction of sp³-hybridized carbons (Fsp3) is 0.571. The number of hydrogen-bond acceptors (Lipinski definition) is 3. The number of hydroxylamine groups is 2. The van der Waals surface area contributed by atoms with Crippen molar-refractivity contribution in [2.45, 2.75) is 148 Å². The lowest BCUT2D eigenvalue weighted by Gasteiger charge is -2.51. The third-order valence-corrected chi connectivity index (χ3v) is 11.4. The molecule has 3 unspecified atom stereocenters. The Hall–Kier alpha value is -1.98. The molecule has 1 aliphatic heterocycles. The molecule has 4 rings (SSSR count). The van der Waals surface area contributed by atoms with Gasteiger partial charge >= 0.3 is 0 Å². The first-order valence-corrected chi connectivity index (χ1v) is 18.7. The Morgan fingerprint density at radius 1 is 0.804 bits per heavy atom. The molecule has 1 heterocycles. The summed E-state index contributed by atoms with van der Waals surface area (Å²) in [4.78, 5) is 0. The highest BCUT2D eigenvalue weighted by Crippen LogP contribution is 2.43. The zero-order chi connectivity index (χ0) is 33.7. The first kappa shape index (κ1) is 36.8. The molecule has 4 heteroatoms. The van der Waals surface area contributed by atoms with Crippen molar-refractivity contribution in [3.05, 3.63) is 106 Å². The molecule has 3 atom stereocenters. The number of halogens is 1. The minimum absolute atomic E-state index is 0.128. The van der Waals surface area contributed by atoms with Crippen LogP contribution >= 0.6 is 15.9 Å². The number of rotatable bonds is 14. The number of alkyl halides is 1. The topological polar surface area (TPSA) is 32.7 Å². The quantitative estimate of drug-likeness (QED) is 0.171. The summed E-state index contributed by atoms with van der Waals surface area (Å²) in [6.45, 7) is 20.8. The van der Waals surface area contributed by atoms with Crippen LogP contribution in [0.4, 0.5) is 0 Å². The van der Waals surface area contributed by atoms with Gasteiger partial charge in [0.05, 0.1) is 12.7 Å². The molecule has 1 saturated heterocycles. The first-order valence-electron chi connectivity index (χ1n) is 17.5. The third kappa shape index (κ3) is 9.78. The van der Waals surface area contributed by atoms with E-state index < -0.39 is 0 Å². The van der Waals surface area contributed by atoms with Crippen molar-refractivity contribution in [2.75, 3.05) is 0 Å². The van der Waals surface area contributed by atoms with Crippen LogP contribution in [0.1, 0.15) is 145 Å². The Kier molecular flexibility index (Phi) is 12.4. The lowest BCUT2D eigenvalue weighted by atomic mass is 9.72. The average Bonchev–Trinajstić information content (AvgIpc) is 3.02. The van der Waals surface area contributed by atoms with Gasteiger partial charge in [-0.25, -0.2) is 0 Å². The van der Waals surface area contributed by atoms with Gasteiger partial charge in [0.1, 0.15) is 0 Å². The second-order valence-corrected chi connectivity index (χ2v) is 16.9.